The van der Waals surface area contributed by atoms with E-state index in [1.54, 1.807) is 24.3 Å². The molecule has 6 nitrogen and oxygen atoms in total. The number of nitrogens with one attached hydrogen (secondary N) is 2. The van der Waals surface area contributed by atoms with E-state index in [9.17, 15) is 9.59 Å². The molecule has 0 fully saturated rings. The van der Waals surface area contributed by atoms with E-state index in [0.717, 1.165) is 10.0 Å². The zero-order valence-corrected chi connectivity index (χ0v) is 17.0. The summed E-state index contributed by atoms with van der Waals surface area (Å²) in [4.78, 5) is 23.9. The van der Waals surface area contributed by atoms with Crippen molar-refractivity contribution in [1.29, 1.82) is 0 Å². The number of amides is 2. The number of halogens is 1. The van der Waals surface area contributed by atoms with Crippen LogP contribution in [0, 0.1) is 0 Å². The monoisotopic (exact) mass is 434 g/mol. The van der Waals surface area contributed by atoms with Crippen molar-refractivity contribution in [2.24, 2.45) is 0 Å². The first-order valence-electron chi connectivity index (χ1n) is 8.76. The molecule has 144 valence electrons. The molecule has 0 bridgehead atoms. The highest BCUT2D eigenvalue weighted by Gasteiger charge is 2.13. The number of ether oxygens (including phenoxy) is 2. The maximum Gasteiger partial charge on any atom is 0.313 e. The predicted molar refractivity (Wildman–Crippen MR) is 108 cm³/mol. The first-order chi connectivity index (χ1) is 13.0. The summed E-state index contributed by atoms with van der Waals surface area (Å²) < 4.78 is 12.0. The molecule has 0 radical (unpaired) electrons. The van der Waals surface area contributed by atoms with Gasteiger partial charge in [0.25, 0.3) is 0 Å². The summed E-state index contributed by atoms with van der Waals surface area (Å²) in [5.74, 6) is 0.00470. The van der Waals surface area contributed by atoms with Gasteiger partial charge in [-0.3, -0.25) is 9.59 Å². The van der Waals surface area contributed by atoms with Gasteiger partial charge in [0, 0.05) is 16.7 Å². The van der Waals surface area contributed by atoms with E-state index in [1.807, 2.05) is 32.0 Å². The molecule has 2 aromatic rings. The average molecular weight is 435 g/mol. The number of hydrogen-bond donors (Lipinski definition) is 2. The molecule has 0 heterocycles. The van der Waals surface area contributed by atoms with Crippen molar-refractivity contribution in [2.45, 2.75) is 20.3 Å². The van der Waals surface area contributed by atoms with E-state index in [4.69, 9.17) is 9.47 Å². The number of anilines is 1. The third kappa shape index (κ3) is 6.60. The van der Waals surface area contributed by atoms with Gasteiger partial charge in [-0.2, -0.15) is 0 Å². The molecule has 2 rings (SSSR count). The van der Waals surface area contributed by atoms with E-state index in [2.05, 4.69) is 26.6 Å². The lowest BCUT2D eigenvalue weighted by Crippen LogP contribution is -2.36. The predicted octanol–water partition coefficient (Wildman–Crippen LogP) is 3.54. The van der Waals surface area contributed by atoms with Crippen LogP contribution in [0.5, 0.6) is 11.5 Å². The Balaban J connectivity index is 1.85. The molecule has 27 heavy (non-hydrogen) atoms. The standard InChI is InChI=1S/C20H23BrN2O4/c1-3-26-17-10-5-14(13-18(17)27-4-2)11-12-22-19(24)20(25)23-16-8-6-15(21)7-9-16/h5-10,13H,3-4,11-12H2,1-2H3,(H,22,24)(H,23,25). The van der Waals surface area contributed by atoms with Gasteiger partial charge in [0.2, 0.25) is 0 Å². The fourth-order valence-electron chi connectivity index (χ4n) is 2.37. The fourth-order valence-corrected chi connectivity index (χ4v) is 2.64. The lowest BCUT2D eigenvalue weighted by atomic mass is 10.1. The van der Waals surface area contributed by atoms with Crippen molar-refractivity contribution < 1.29 is 19.1 Å². The van der Waals surface area contributed by atoms with Gasteiger partial charge in [-0.25, -0.2) is 0 Å². The van der Waals surface area contributed by atoms with Crippen LogP contribution in [0.25, 0.3) is 0 Å². The van der Waals surface area contributed by atoms with E-state index < -0.39 is 11.8 Å². The molecular formula is C20H23BrN2O4. The van der Waals surface area contributed by atoms with Crippen LogP contribution >= 0.6 is 15.9 Å². The number of rotatable bonds is 8. The van der Waals surface area contributed by atoms with Crippen LogP contribution in [0.3, 0.4) is 0 Å². The van der Waals surface area contributed by atoms with Crippen molar-refractivity contribution in [2.75, 3.05) is 25.1 Å². The third-order valence-corrected chi connectivity index (χ3v) is 4.14. The molecule has 0 atom stereocenters. The summed E-state index contributed by atoms with van der Waals surface area (Å²) in [6.07, 6.45) is 0.573. The molecule has 0 saturated carbocycles. The maximum atomic E-state index is 11.9. The van der Waals surface area contributed by atoms with E-state index in [0.29, 0.717) is 43.4 Å². The number of carbonyl (C=O) groups is 2. The van der Waals surface area contributed by atoms with Crippen LogP contribution in [0.1, 0.15) is 19.4 Å². The summed E-state index contributed by atoms with van der Waals surface area (Å²) in [6, 6.07) is 12.7. The van der Waals surface area contributed by atoms with Crippen molar-refractivity contribution in [1.82, 2.24) is 5.32 Å². The summed E-state index contributed by atoms with van der Waals surface area (Å²) in [6.45, 7) is 5.26. The quantitative estimate of drug-likeness (QED) is 0.622. The second kappa shape index (κ2) is 10.6. The van der Waals surface area contributed by atoms with Crippen molar-refractivity contribution in [3.05, 3.63) is 52.5 Å². The average Bonchev–Trinajstić information content (AvgIpc) is 2.66. The second-order valence-electron chi connectivity index (χ2n) is 5.61. The van der Waals surface area contributed by atoms with Gasteiger partial charge in [-0.05, 0) is 62.2 Å². The molecule has 0 aliphatic carbocycles. The Morgan fingerprint density at radius 2 is 1.59 bits per heavy atom. The van der Waals surface area contributed by atoms with Gasteiger partial charge in [0.1, 0.15) is 0 Å². The number of carbonyl (C=O) groups excluding carboxylic acids is 2. The zero-order chi connectivity index (χ0) is 19.6. The summed E-state index contributed by atoms with van der Waals surface area (Å²) in [7, 11) is 0. The van der Waals surface area contributed by atoms with Gasteiger partial charge < -0.3 is 20.1 Å². The SMILES string of the molecule is CCOc1ccc(CCNC(=O)C(=O)Nc2ccc(Br)cc2)cc1OCC. The Labute approximate surface area is 167 Å². The van der Waals surface area contributed by atoms with Gasteiger partial charge in [-0.15, -0.1) is 0 Å². The Morgan fingerprint density at radius 1 is 0.926 bits per heavy atom. The number of hydrogen-bond acceptors (Lipinski definition) is 4. The minimum absolute atomic E-state index is 0.339. The Kier molecular flexibility index (Phi) is 8.13. The minimum Gasteiger partial charge on any atom is -0.490 e. The molecule has 0 unspecified atom stereocenters. The minimum atomic E-state index is -0.695. The van der Waals surface area contributed by atoms with Gasteiger partial charge >= 0.3 is 11.8 Å². The first-order valence-corrected chi connectivity index (χ1v) is 9.56. The largest absolute Gasteiger partial charge is 0.490 e. The lowest BCUT2D eigenvalue weighted by molar-refractivity contribution is -0.136. The van der Waals surface area contributed by atoms with E-state index >= 15 is 0 Å². The lowest BCUT2D eigenvalue weighted by Gasteiger charge is -2.12. The number of benzene rings is 2. The van der Waals surface area contributed by atoms with E-state index in [-0.39, 0.29) is 0 Å². The van der Waals surface area contributed by atoms with Crippen LogP contribution < -0.4 is 20.1 Å². The highest BCUT2D eigenvalue weighted by atomic mass is 79.9. The van der Waals surface area contributed by atoms with Crippen molar-refractivity contribution in [3.63, 3.8) is 0 Å². The Bertz CT molecular complexity index is 778. The highest BCUT2D eigenvalue weighted by Crippen LogP contribution is 2.28. The van der Waals surface area contributed by atoms with Crippen molar-refractivity contribution >= 4 is 33.4 Å². The molecule has 2 aromatic carbocycles. The fraction of sp³-hybridized carbons (Fsp3) is 0.300. The van der Waals surface area contributed by atoms with Crippen LogP contribution in [0.15, 0.2) is 46.9 Å². The van der Waals surface area contributed by atoms with Gasteiger partial charge in [0.05, 0.1) is 13.2 Å². The topological polar surface area (TPSA) is 76.7 Å². The molecular weight excluding hydrogens is 412 g/mol. The zero-order valence-electron chi connectivity index (χ0n) is 15.4. The smallest absolute Gasteiger partial charge is 0.313 e. The molecule has 2 amide bonds. The molecule has 7 heteroatoms. The Morgan fingerprint density at radius 3 is 2.26 bits per heavy atom. The van der Waals surface area contributed by atoms with Crippen LogP contribution in [0.4, 0.5) is 5.69 Å². The molecule has 0 spiro atoms. The second-order valence-corrected chi connectivity index (χ2v) is 6.53. The molecule has 0 saturated heterocycles. The Hall–Kier alpha value is -2.54. The molecule has 0 aliphatic rings. The summed E-state index contributed by atoms with van der Waals surface area (Å²) >= 11 is 3.32. The van der Waals surface area contributed by atoms with Crippen molar-refractivity contribution in [3.8, 4) is 11.5 Å². The molecule has 0 aliphatic heterocycles. The van der Waals surface area contributed by atoms with Crippen LogP contribution in [-0.2, 0) is 16.0 Å². The van der Waals surface area contributed by atoms with Crippen LogP contribution in [0.2, 0.25) is 0 Å². The van der Waals surface area contributed by atoms with Gasteiger partial charge in [-0.1, -0.05) is 22.0 Å². The molecule has 0 aromatic heterocycles. The maximum absolute atomic E-state index is 11.9. The first kappa shape index (κ1) is 20.8. The highest BCUT2D eigenvalue weighted by molar-refractivity contribution is 9.10. The normalized spacial score (nSPS) is 10.2. The van der Waals surface area contributed by atoms with E-state index in [1.165, 1.54) is 0 Å². The summed E-state index contributed by atoms with van der Waals surface area (Å²) in [5.41, 5.74) is 1.54. The molecule has 2 N–H and O–H groups in total. The third-order valence-electron chi connectivity index (χ3n) is 3.62. The van der Waals surface area contributed by atoms with Gasteiger partial charge in [0.15, 0.2) is 11.5 Å². The van der Waals surface area contributed by atoms with Crippen LogP contribution in [-0.4, -0.2) is 31.6 Å². The summed E-state index contributed by atoms with van der Waals surface area (Å²) in [5, 5.41) is 5.18.